The van der Waals surface area contributed by atoms with Gasteiger partial charge in [-0.25, -0.2) is 12.8 Å². The zero-order chi connectivity index (χ0) is 29.3. The molecule has 2 amide bonds. The number of carbonyl (C=O) groups is 2. The summed E-state index contributed by atoms with van der Waals surface area (Å²) < 4.78 is 48.7. The molecule has 214 valence electrons. The Balaban J connectivity index is 2.02. The largest absolute Gasteiger partial charge is 0.494 e. The number of halogens is 1. The number of amides is 2. The van der Waals surface area contributed by atoms with E-state index in [0.29, 0.717) is 18.8 Å². The highest BCUT2D eigenvalue weighted by Crippen LogP contribution is 2.26. The zero-order valence-corrected chi connectivity index (χ0v) is 24.0. The number of nitrogens with one attached hydrogen (secondary N) is 1. The van der Waals surface area contributed by atoms with Crippen LogP contribution in [-0.2, 0) is 26.2 Å². The van der Waals surface area contributed by atoms with Gasteiger partial charge in [0, 0.05) is 18.2 Å². The topological polar surface area (TPSA) is 96.0 Å². The monoisotopic (exact) mass is 569 g/mol. The van der Waals surface area contributed by atoms with Crippen molar-refractivity contribution in [2.45, 2.75) is 57.6 Å². The van der Waals surface area contributed by atoms with E-state index < -0.39 is 40.2 Å². The molecule has 0 aliphatic rings. The van der Waals surface area contributed by atoms with Crippen LogP contribution < -0.4 is 14.4 Å². The van der Waals surface area contributed by atoms with Gasteiger partial charge in [0.25, 0.3) is 10.0 Å². The number of rotatable bonds is 13. The summed E-state index contributed by atoms with van der Waals surface area (Å²) in [6.07, 6.45) is 0.681. The highest BCUT2D eigenvalue weighted by Gasteiger charge is 2.33. The number of hydrogen-bond acceptors (Lipinski definition) is 5. The summed E-state index contributed by atoms with van der Waals surface area (Å²) in [5, 5.41) is 2.85. The van der Waals surface area contributed by atoms with Gasteiger partial charge in [0.05, 0.1) is 17.2 Å². The van der Waals surface area contributed by atoms with Crippen molar-refractivity contribution in [3.05, 3.63) is 90.2 Å². The first-order valence-corrected chi connectivity index (χ1v) is 14.7. The van der Waals surface area contributed by atoms with Crippen LogP contribution in [0.25, 0.3) is 0 Å². The molecule has 0 unspecified atom stereocenters. The van der Waals surface area contributed by atoms with E-state index in [4.69, 9.17) is 4.74 Å². The van der Waals surface area contributed by atoms with E-state index in [-0.39, 0.29) is 28.7 Å². The molecule has 0 saturated carbocycles. The second-order valence-electron chi connectivity index (χ2n) is 9.36. The Kier molecular flexibility index (Phi) is 10.7. The minimum Gasteiger partial charge on any atom is -0.494 e. The fourth-order valence-corrected chi connectivity index (χ4v) is 5.42. The van der Waals surface area contributed by atoms with E-state index >= 15 is 0 Å². The Morgan fingerprint density at radius 1 is 0.925 bits per heavy atom. The van der Waals surface area contributed by atoms with E-state index in [1.165, 1.54) is 35.2 Å². The lowest BCUT2D eigenvalue weighted by atomic mass is 10.1. The van der Waals surface area contributed by atoms with Gasteiger partial charge < -0.3 is 15.0 Å². The lowest BCUT2D eigenvalue weighted by molar-refractivity contribution is -0.139. The first-order chi connectivity index (χ1) is 19.1. The van der Waals surface area contributed by atoms with Gasteiger partial charge >= 0.3 is 0 Å². The average Bonchev–Trinajstić information content (AvgIpc) is 2.96. The van der Waals surface area contributed by atoms with E-state index in [0.717, 1.165) is 4.31 Å². The number of sulfonamides is 1. The van der Waals surface area contributed by atoms with Crippen LogP contribution in [0.4, 0.5) is 10.1 Å². The zero-order valence-electron chi connectivity index (χ0n) is 23.2. The van der Waals surface area contributed by atoms with Crippen molar-refractivity contribution in [1.82, 2.24) is 10.2 Å². The van der Waals surface area contributed by atoms with Gasteiger partial charge in [0.2, 0.25) is 11.8 Å². The second-order valence-corrected chi connectivity index (χ2v) is 11.2. The van der Waals surface area contributed by atoms with Crippen molar-refractivity contribution in [3.8, 4) is 5.75 Å². The molecule has 0 bridgehead atoms. The van der Waals surface area contributed by atoms with Gasteiger partial charge in [-0.1, -0.05) is 43.3 Å². The van der Waals surface area contributed by atoms with Gasteiger partial charge in [-0.2, -0.15) is 0 Å². The highest BCUT2D eigenvalue weighted by molar-refractivity contribution is 7.92. The molecule has 1 N–H and O–H groups in total. The smallest absolute Gasteiger partial charge is 0.264 e. The van der Waals surface area contributed by atoms with E-state index in [2.05, 4.69) is 5.32 Å². The van der Waals surface area contributed by atoms with Gasteiger partial charge in [0.1, 0.15) is 24.2 Å². The fourth-order valence-electron chi connectivity index (χ4n) is 3.98. The highest BCUT2D eigenvalue weighted by atomic mass is 32.2. The number of hydrogen-bond donors (Lipinski definition) is 1. The van der Waals surface area contributed by atoms with Crippen LogP contribution >= 0.6 is 0 Å². The third-order valence-electron chi connectivity index (χ3n) is 6.51. The molecule has 2 atom stereocenters. The molecule has 3 aromatic rings. The van der Waals surface area contributed by atoms with Crippen molar-refractivity contribution < 1.29 is 27.1 Å². The third kappa shape index (κ3) is 7.59. The first-order valence-electron chi connectivity index (χ1n) is 13.2. The van der Waals surface area contributed by atoms with Gasteiger partial charge in [0.15, 0.2) is 0 Å². The van der Waals surface area contributed by atoms with Crippen LogP contribution in [-0.4, -0.2) is 50.4 Å². The van der Waals surface area contributed by atoms with Gasteiger partial charge in [-0.3, -0.25) is 13.9 Å². The fraction of sp³-hybridized carbons (Fsp3) is 0.333. The normalized spacial score (nSPS) is 12.7. The van der Waals surface area contributed by atoms with Crippen molar-refractivity contribution in [2.24, 2.45) is 0 Å². The maximum atomic E-state index is 14.6. The van der Waals surface area contributed by atoms with Crippen LogP contribution in [0.3, 0.4) is 0 Å². The molecule has 0 fully saturated rings. The molecule has 0 aliphatic heterocycles. The lowest BCUT2D eigenvalue weighted by Gasteiger charge is -2.32. The Morgan fingerprint density at radius 3 is 2.15 bits per heavy atom. The molecule has 0 saturated heterocycles. The van der Waals surface area contributed by atoms with E-state index in [1.807, 2.05) is 20.8 Å². The summed E-state index contributed by atoms with van der Waals surface area (Å²) in [7, 11) is -4.19. The minimum atomic E-state index is -4.19. The molecule has 0 spiro atoms. The first kappa shape index (κ1) is 30.6. The molecule has 3 aromatic carbocycles. The Bertz CT molecular complexity index is 1380. The van der Waals surface area contributed by atoms with Gasteiger partial charge in [-0.05, 0) is 69.7 Å². The molecule has 0 aromatic heterocycles. The van der Waals surface area contributed by atoms with Crippen LogP contribution in [0.2, 0.25) is 0 Å². The molecule has 0 heterocycles. The SMILES string of the molecule is CCOc1ccc(N(CC(=O)N(Cc2ccccc2F)[C@@H](C)C(=O)N[C@@H](C)CC)S(=O)(=O)c2ccccc2)cc1. The average molecular weight is 570 g/mol. The number of benzene rings is 3. The van der Waals surface area contributed by atoms with Crippen molar-refractivity contribution >= 4 is 27.5 Å². The Labute approximate surface area is 235 Å². The summed E-state index contributed by atoms with van der Waals surface area (Å²) in [5.41, 5.74) is 0.445. The van der Waals surface area contributed by atoms with Crippen molar-refractivity contribution in [3.63, 3.8) is 0 Å². The molecule has 8 nitrogen and oxygen atoms in total. The third-order valence-corrected chi connectivity index (χ3v) is 8.30. The number of carbonyl (C=O) groups excluding carboxylic acids is 2. The molecule has 0 aliphatic carbocycles. The number of nitrogens with zero attached hydrogens (tertiary/aromatic N) is 2. The van der Waals surface area contributed by atoms with Gasteiger partial charge in [-0.15, -0.1) is 0 Å². The molecule has 40 heavy (non-hydrogen) atoms. The standard InChI is InChI=1S/C30H36FN3O5S/c1-5-22(3)32-30(36)23(4)33(20-24-12-10-11-15-28(24)31)29(35)21-34(25-16-18-26(19-17-25)39-6-2)40(37,38)27-13-8-7-9-14-27/h7-19,22-23H,5-6,20-21H2,1-4H3,(H,32,36)/t22-,23-/m0/s1. The Morgan fingerprint density at radius 2 is 1.55 bits per heavy atom. The minimum absolute atomic E-state index is 0.0000920. The molecule has 3 rings (SSSR count). The Hall–Kier alpha value is -3.92. The van der Waals surface area contributed by atoms with Crippen LogP contribution in [0.5, 0.6) is 5.75 Å². The molecule has 0 radical (unpaired) electrons. The summed E-state index contributed by atoms with van der Waals surface area (Å²) in [5.74, 6) is -1.07. The van der Waals surface area contributed by atoms with Crippen LogP contribution in [0.15, 0.2) is 83.8 Å². The predicted molar refractivity (Wildman–Crippen MR) is 153 cm³/mol. The van der Waals surface area contributed by atoms with E-state index in [1.54, 1.807) is 55.5 Å². The summed E-state index contributed by atoms with van der Waals surface area (Å²) >= 11 is 0. The molecule has 10 heteroatoms. The van der Waals surface area contributed by atoms with Crippen molar-refractivity contribution in [1.29, 1.82) is 0 Å². The van der Waals surface area contributed by atoms with Crippen LogP contribution in [0, 0.1) is 5.82 Å². The van der Waals surface area contributed by atoms with E-state index in [9.17, 15) is 22.4 Å². The number of ether oxygens (including phenoxy) is 1. The summed E-state index contributed by atoms with van der Waals surface area (Å²) in [4.78, 5) is 28.2. The second kappa shape index (κ2) is 13.9. The molecular weight excluding hydrogens is 533 g/mol. The number of anilines is 1. The lowest BCUT2D eigenvalue weighted by Crippen LogP contribution is -2.52. The predicted octanol–water partition coefficient (Wildman–Crippen LogP) is 4.75. The van der Waals surface area contributed by atoms with Crippen LogP contribution in [0.1, 0.15) is 39.7 Å². The van der Waals surface area contributed by atoms with Crippen molar-refractivity contribution in [2.75, 3.05) is 17.5 Å². The summed E-state index contributed by atoms with van der Waals surface area (Å²) in [6, 6.07) is 19.0. The maximum Gasteiger partial charge on any atom is 0.264 e. The summed E-state index contributed by atoms with van der Waals surface area (Å²) in [6.45, 7) is 6.74. The quantitative estimate of drug-likeness (QED) is 0.321. The maximum absolute atomic E-state index is 14.6. The molecular formula is C30H36FN3O5S.